The number of methoxy groups -OCH3 is 1. The van der Waals surface area contributed by atoms with Gasteiger partial charge in [0.15, 0.2) is 0 Å². The van der Waals surface area contributed by atoms with Crippen molar-refractivity contribution in [3.05, 3.63) is 16.0 Å². The van der Waals surface area contributed by atoms with E-state index in [0.717, 1.165) is 41.2 Å². The molecule has 0 aliphatic heterocycles. The molecule has 0 aromatic carbocycles. The number of halogens is 1. The maximum Gasteiger partial charge on any atom is 0.144 e. The second kappa shape index (κ2) is 7.69. The van der Waals surface area contributed by atoms with E-state index in [1.807, 2.05) is 0 Å². The number of rotatable bonds is 7. The van der Waals surface area contributed by atoms with Gasteiger partial charge in [-0.05, 0) is 28.3 Å². The Balaban J connectivity index is 3.02. The number of hydrogen-bond acceptors (Lipinski definition) is 4. The quantitative estimate of drug-likeness (QED) is 0.838. The second-order valence-electron chi connectivity index (χ2n) is 4.51. The van der Waals surface area contributed by atoms with Crippen LogP contribution in [0.25, 0.3) is 0 Å². The molecule has 0 radical (unpaired) electrons. The van der Waals surface area contributed by atoms with Gasteiger partial charge in [-0.15, -0.1) is 0 Å². The smallest absolute Gasteiger partial charge is 0.144 e. The highest BCUT2D eigenvalue weighted by Gasteiger charge is 2.14. The first-order valence-corrected chi connectivity index (χ1v) is 7.18. The molecular weight excluding hydrogens is 294 g/mol. The Hall–Kier alpha value is -0.680. The molecule has 18 heavy (non-hydrogen) atoms. The number of ether oxygens (including phenoxy) is 1. The second-order valence-corrected chi connectivity index (χ2v) is 5.30. The van der Waals surface area contributed by atoms with Gasteiger partial charge in [-0.2, -0.15) is 0 Å². The molecular formula is C13H22BrN3O. The molecule has 0 saturated carbocycles. The van der Waals surface area contributed by atoms with Crippen molar-refractivity contribution in [2.45, 2.75) is 39.5 Å². The largest absolute Gasteiger partial charge is 0.384 e. The Kier molecular flexibility index (Phi) is 6.57. The number of nitrogens with one attached hydrogen (secondary N) is 1. The van der Waals surface area contributed by atoms with E-state index in [4.69, 9.17) is 4.74 Å². The summed E-state index contributed by atoms with van der Waals surface area (Å²) in [4.78, 5) is 9.14. The summed E-state index contributed by atoms with van der Waals surface area (Å²) in [5.74, 6) is 2.09. The van der Waals surface area contributed by atoms with Crippen LogP contribution in [0.15, 0.2) is 4.47 Å². The number of anilines is 1. The molecule has 0 aliphatic carbocycles. The molecule has 0 amide bonds. The molecule has 0 bridgehead atoms. The van der Waals surface area contributed by atoms with Crippen LogP contribution < -0.4 is 5.32 Å². The molecule has 102 valence electrons. The van der Waals surface area contributed by atoms with Crippen molar-refractivity contribution in [2.24, 2.45) is 0 Å². The van der Waals surface area contributed by atoms with Crippen molar-refractivity contribution in [3.63, 3.8) is 0 Å². The minimum atomic E-state index is 0.367. The first-order chi connectivity index (χ1) is 8.60. The van der Waals surface area contributed by atoms with Gasteiger partial charge in [0, 0.05) is 20.1 Å². The minimum absolute atomic E-state index is 0.367. The van der Waals surface area contributed by atoms with E-state index in [2.05, 4.69) is 52.0 Å². The lowest BCUT2D eigenvalue weighted by molar-refractivity contribution is 0.200. The molecule has 1 N–H and O–H groups in total. The van der Waals surface area contributed by atoms with Crippen LogP contribution in [0.3, 0.4) is 0 Å². The van der Waals surface area contributed by atoms with E-state index in [-0.39, 0.29) is 0 Å². The molecule has 0 spiro atoms. The van der Waals surface area contributed by atoms with Crippen LogP contribution in [-0.2, 0) is 11.2 Å². The van der Waals surface area contributed by atoms with Crippen LogP contribution in [0, 0.1) is 0 Å². The van der Waals surface area contributed by atoms with Gasteiger partial charge >= 0.3 is 0 Å². The van der Waals surface area contributed by atoms with Crippen LogP contribution in [0.1, 0.15) is 44.6 Å². The summed E-state index contributed by atoms with van der Waals surface area (Å²) >= 11 is 3.60. The maximum atomic E-state index is 5.09. The Morgan fingerprint density at radius 3 is 2.61 bits per heavy atom. The summed E-state index contributed by atoms with van der Waals surface area (Å²) in [6.07, 6.45) is 1.81. The lowest BCUT2D eigenvalue weighted by Crippen LogP contribution is -2.11. The first-order valence-electron chi connectivity index (χ1n) is 6.39. The highest BCUT2D eigenvalue weighted by atomic mass is 79.9. The Morgan fingerprint density at radius 1 is 1.33 bits per heavy atom. The van der Waals surface area contributed by atoms with Gasteiger partial charge in [0.25, 0.3) is 0 Å². The molecule has 1 heterocycles. The van der Waals surface area contributed by atoms with E-state index in [9.17, 15) is 0 Å². The van der Waals surface area contributed by atoms with Crippen molar-refractivity contribution in [1.82, 2.24) is 9.97 Å². The van der Waals surface area contributed by atoms with Gasteiger partial charge in [0.1, 0.15) is 11.6 Å². The van der Waals surface area contributed by atoms with E-state index >= 15 is 0 Å². The SMILES string of the molecule is CCCNc1nc(CCOC)nc(C(C)C)c1Br. The van der Waals surface area contributed by atoms with Gasteiger partial charge in [-0.25, -0.2) is 9.97 Å². The minimum Gasteiger partial charge on any atom is -0.384 e. The summed E-state index contributed by atoms with van der Waals surface area (Å²) < 4.78 is 6.06. The van der Waals surface area contributed by atoms with Crippen molar-refractivity contribution in [3.8, 4) is 0 Å². The third kappa shape index (κ3) is 4.21. The van der Waals surface area contributed by atoms with Crippen LogP contribution in [0.2, 0.25) is 0 Å². The van der Waals surface area contributed by atoms with E-state index < -0.39 is 0 Å². The molecule has 0 aliphatic rings. The normalized spacial score (nSPS) is 11.0. The predicted molar refractivity (Wildman–Crippen MR) is 78.2 cm³/mol. The van der Waals surface area contributed by atoms with Crippen LogP contribution in [-0.4, -0.2) is 30.2 Å². The van der Waals surface area contributed by atoms with Gasteiger partial charge in [-0.1, -0.05) is 20.8 Å². The monoisotopic (exact) mass is 315 g/mol. The predicted octanol–water partition coefficient (Wildman–Crippen LogP) is 3.37. The summed E-state index contributed by atoms with van der Waals surface area (Å²) in [5.41, 5.74) is 1.05. The van der Waals surface area contributed by atoms with Crippen molar-refractivity contribution in [1.29, 1.82) is 0 Å². The number of nitrogens with zero attached hydrogens (tertiary/aromatic N) is 2. The van der Waals surface area contributed by atoms with Gasteiger partial charge in [0.05, 0.1) is 16.8 Å². The molecule has 0 unspecified atom stereocenters. The van der Waals surface area contributed by atoms with Crippen molar-refractivity contribution >= 4 is 21.7 Å². The molecule has 5 heteroatoms. The lowest BCUT2D eigenvalue weighted by atomic mass is 10.1. The molecule has 1 rings (SSSR count). The third-order valence-corrected chi connectivity index (χ3v) is 3.32. The Labute approximate surface area is 118 Å². The average Bonchev–Trinajstić information content (AvgIpc) is 2.35. The van der Waals surface area contributed by atoms with Crippen LogP contribution in [0.5, 0.6) is 0 Å². The van der Waals surface area contributed by atoms with Gasteiger partial charge in [0.2, 0.25) is 0 Å². The average molecular weight is 316 g/mol. The highest BCUT2D eigenvalue weighted by molar-refractivity contribution is 9.10. The van der Waals surface area contributed by atoms with E-state index in [1.165, 1.54) is 0 Å². The van der Waals surface area contributed by atoms with Gasteiger partial charge < -0.3 is 10.1 Å². The fourth-order valence-electron chi connectivity index (χ4n) is 1.56. The Morgan fingerprint density at radius 2 is 2.06 bits per heavy atom. The summed E-state index contributed by atoms with van der Waals surface area (Å²) in [7, 11) is 1.69. The summed E-state index contributed by atoms with van der Waals surface area (Å²) in [5, 5.41) is 3.34. The van der Waals surface area contributed by atoms with E-state index in [1.54, 1.807) is 7.11 Å². The fraction of sp³-hybridized carbons (Fsp3) is 0.692. The Bertz CT molecular complexity index is 383. The molecule has 4 nitrogen and oxygen atoms in total. The van der Waals surface area contributed by atoms with Crippen molar-refractivity contribution in [2.75, 3.05) is 25.6 Å². The molecule has 0 saturated heterocycles. The summed E-state index contributed by atoms with van der Waals surface area (Å²) in [6.45, 7) is 7.97. The van der Waals surface area contributed by atoms with Gasteiger partial charge in [-0.3, -0.25) is 0 Å². The topological polar surface area (TPSA) is 47.0 Å². The van der Waals surface area contributed by atoms with E-state index in [0.29, 0.717) is 12.5 Å². The van der Waals surface area contributed by atoms with Crippen molar-refractivity contribution < 1.29 is 4.74 Å². The summed E-state index contributed by atoms with van der Waals surface area (Å²) in [6, 6.07) is 0. The lowest BCUT2D eigenvalue weighted by Gasteiger charge is -2.14. The zero-order valence-corrected chi connectivity index (χ0v) is 13.2. The number of hydrogen-bond donors (Lipinski definition) is 1. The van der Waals surface area contributed by atoms with Crippen LogP contribution >= 0.6 is 15.9 Å². The molecule has 0 fully saturated rings. The zero-order chi connectivity index (χ0) is 13.5. The zero-order valence-electron chi connectivity index (χ0n) is 11.6. The first kappa shape index (κ1) is 15.4. The third-order valence-electron chi connectivity index (χ3n) is 2.54. The standard InChI is InChI=1S/C13H22BrN3O/c1-5-7-15-13-11(14)12(9(2)3)16-10(17-13)6-8-18-4/h9H,5-8H2,1-4H3,(H,15,16,17). The highest BCUT2D eigenvalue weighted by Crippen LogP contribution is 2.28. The van der Waals surface area contributed by atoms with Crippen LogP contribution in [0.4, 0.5) is 5.82 Å². The maximum absolute atomic E-state index is 5.09. The fourth-order valence-corrected chi connectivity index (χ4v) is 2.34. The molecule has 0 atom stereocenters. The number of aromatic nitrogens is 2. The molecule has 1 aromatic heterocycles. The molecule has 1 aromatic rings.